The molecule has 0 aromatic heterocycles. The number of hydrogen-bond acceptors (Lipinski definition) is 3. The van der Waals surface area contributed by atoms with Gasteiger partial charge in [-0.25, -0.2) is 8.42 Å². The Kier molecular flexibility index (Phi) is 5.93. The van der Waals surface area contributed by atoms with Gasteiger partial charge < -0.3 is 4.90 Å². The van der Waals surface area contributed by atoms with Crippen LogP contribution in [0.5, 0.6) is 0 Å². The smallest absolute Gasteiger partial charge is 0.336 e. The molecule has 10 heteroatoms. The molecule has 1 aliphatic heterocycles. The molecule has 0 radical (unpaired) electrons. The zero-order valence-corrected chi connectivity index (χ0v) is 17.0. The van der Waals surface area contributed by atoms with Gasteiger partial charge >= 0.3 is 6.18 Å². The summed E-state index contributed by atoms with van der Waals surface area (Å²) in [5, 5.41) is 0.337. The third-order valence-corrected chi connectivity index (χ3v) is 7.05. The first kappa shape index (κ1) is 21.6. The van der Waals surface area contributed by atoms with E-state index in [1.807, 2.05) is 0 Å². The highest BCUT2D eigenvalue weighted by molar-refractivity contribution is 7.89. The number of sulfonamides is 1. The summed E-state index contributed by atoms with van der Waals surface area (Å²) >= 11 is 6.02. The fraction of sp³-hybridized carbons (Fsp3) is 0.316. The van der Waals surface area contributed by atoms with E-state index in [0.29, 0.717) is 5.02 Å². The Morgan fingerprint density at radius 3 is 2.28 bits per heavy atom. The Morgan fingerprint density at radius 1 is 1.03 bits per heavy atom. The summed E-state index contributed by atoms with van der Waals surface area (Å²) in [5.74, 6) is -0.563. The van der Waals surface area contributed by atoms with Gasteiger partial charge in [-0.3, -0.25) is 4.79 Å². The standard InChI is InChI=1S/C19H18ClF3N2O3S/c1-13-5-6-16(12-17(13)20)29(27,28)25-9-7-24(8-10-25)18(26)14-3-2-4-15(11-14)19(21,22)23/h2-6,11-12H,7-10H2,1H3. The zero-order chi connectivity index (χ0) is 21.4. The maximum atomic E-state index is 12.9. The number of carbonyl (C=O) groups excluding carboxylic acids is 1. The number of benzene rings is 2. The van der Waals surface area contributed by atoms with E-state index in [1.165, 1.54) is 33.5 Å². The molecule has 29 heavy (non-hydrogen) atoms. The summed E-state index contributed by atoms with van der Waals surface area (Å²) in [6, 6.07) is 8.66. The minimum absolute atomic E-state index is 0.0402. The lowest BCUT2D eigenvalue weighted by atomic mass is 10.1. The average molecular weight is 447 g/mol. The number of nitrogens with zero attached hydrogens (tertiary/aromatic N) is 2. The van der Waals surface area contributed by atoms with Crippen molar-refractivity contribution in [3.05, 3.63) is 64.2 Å². The van der Waals surface area contributed by atoms with E-state index in [9.17, 15) is 26.4 Å². The van der Waals surface area contributed by atoms with Crippen LogP contribution in [-0.2, 0) is 16.2 Å². The largest absolute Gasteiger partial charge is 0.416 e. The van der Waals surface area contributed by atoms with Gasteiger partial charge in [0.05, 0.1) is 10.5 Å². The van der Waals surface area contributed by atoms with Gasteiger partial charge in [0.25, 0.3) is 5.91 Å². The van der Waals surface area contributed by atoms with Crippen LogP contribution in [0.25, 0.3) is 0 Å². The van der Waals surface area contributed by atoms with Crippen molar-refractivity contribution in [2.45, 2.75) is 18.0 Å². The molecule has 1 fully saturated rings. The lowest BCUT2D eigenvalue weighted by Gasteiger charge is -2.34. The third-order valence-electron chi connectivity index (χ3n) is 4.74. The highest BCUT2D eigenvalue weighted by Crippen LogP contribution is 2.30. The van der Waals surface area contributed by atoms with Crippen LogP contribution in [0, 0.1) is 6.92 Å². The van der Waals surface area contributed by atoms with Crippen LogP contribution < -0.4 is 0 Å². The first-order valence-electron chi connectivity index (χ1n) is 8.73. The maximum absolute atomic E-state index is 12.9. The van der Waals surface area contributed by atoms with Gasteiger partial charge in [-0.1, -0.05) is 23.7 Å². The third kappa shape index (κ3) is 4.57. The molecule has 3 rings (SSSR count). The van der Waals surface area contributed by atoms with Gasteiger partial charge in [-0.15, -0.1) is 0 Å². The van der Waals surface area contributed by atoms with Crippen molar-refractivity contribution in [2.75, 3.05) is 26.2 Å². The number of rotatable bonds is 3. The fourth-order valence-corrected chi connectivity index (χ4v) is 4.72. The van der Waals surface area contributed by atoms with Crippen LogP contribution in [0.2, 0.25) is 5.02 Å². The van der Waals surface area contributed by atoms with Gasteiger partial charge in [0.1, 0.15) is 0 Å². The number of aryl methyl sites for hydroxylation is 1. The van der Waals surface area contributed by atoms with Crippen LogP contribution in [0.4, 0.5) is 13.2 Å². The number of amides is 1. The molecule has 0 spiro atoms. The predicted molar refractivity (Wildman–Crippen MR) is 102 cm³/mol. The molecule has 5 nitrogen and oxygen atoms in total. The Morgan fingerprint density at radius 2 is 1.69 bits per heavy atom. The molecule has 1 amide bonds. The molecular formula is C19H18ClF3N2O3S. The lowest BCUT2D eigenvalue weighted by Crippen LogP contribution is -2.50. The van der Waals surface area contributed by atoms with E-state index in [4.69, 9.17) is 11.6 Å². The molecule has 0 saturated carbocycles. The highest BCUT2D eigenvalue weighted by Gasteiger charge is 2.33. The lowest BCUT2D eigenvalue weighted by molar-refractivity contribution is -0.137. The number of halogens is 4. The zero-order valence-electron chi connectivity index (χ0n) is 15.4. The highest BCUT2D eigenvalue weighted by atomic mass is 35.5. The molecule has 156 valence electrons. The van der Waals surface area contributed by atoms with Crippen molar-refractivity contribution >= 4 is 27.5 Å². The minimum Gasteiger partial charge on any atom is -0.336 e. The summed E-state index contributed by atoms with van der Waals surface area (Å²) in [5.41, 5.74) is -0.232. The molecule has 1 saturated heterocycles. The summed E-state index contributed by atoms with van der Waals surface area (Å²) in [6.45, 7) is 2.00. The molecule has 0 N–H and O–H groups in total. The number of piperazine rings is 1. The Labute approximate surface area is 171 Å². The van der Waals surface area contributed by atoms with Crippen LogP contribution in [0.15, 0.2) is 47.4 Å². The second kappa shape index (κ2) is 7.97. The second-order valence-electron chi connectivity index (χ2n) is 6.69. The van der Waals surface area contributed by atoms with Gasteiger partial charge in [0.15, 0.2) is 0 Å². The summed E-state index contributed by atoms with van der Waals surface area (Å²) in [6.07, 6.45) is -4.54. The fourth-order valence-electron chi connectivity index (χ4n) is 3.03. The van der Waals surface area contributed by atoms with Gasteiger partial charge in [-0.05, 0) is 42.8 Å². The van der Waals surface area contributed by atoms with Crippen molar-refractivity contribution in [1.29, 1.82) is 0 Å². The van der Waals surface area contributed by atoms with Crippen molar-refractivity contribution in [3.8, 4) is 0 Å². The van der Waals surface area contributed by atoms with E-state index in [-0.39, 0.29) is 36.6 Å². The Bertz CT molecular complexity index is 1030. The summed E-state index contributed by atoms with van der Waals surface area (Å²) in [4.78, 5) is 14.0. The quantitative estimate of drug-likeness (QED) is 0.720. The van der Waals surface area contributed by atoms with E-state index in [1.54, 1.807) is 13.0 Å². The molecule has 0 aliphatic carbocycles. The molecular weight excluding hydrogens is 429 g/mol. The van der Waals surface area contributed by atoms with E-state index < -0.39 is 27.7 Å². The molecule has 0 atom stereocenters. The number of hydrogen-bond donors (Lipinski definition) is 0. The predicted octanol–water partition coefficient (Wildman–Crippen LogP) is 3.81. The van der Waals surface area contributed by atoms with E-state index >= 15 is 0 Å². The van der Waals surface area contributed by atoms with Crippen molar-refractivity contribution in [2.24, 2.45) is 0 Å². The maximum Gasteiger partial charge on any atom is 0.416 e. The molecule has 0 bridgehead atoms. The molecule has 2 aromatic carbocycles. The Hall–Kier alpha value is -2.10. The molecule has 1 heterocycles. The minimum atomic E-state index is -4.54. The van der Waals surface area contributed by atoms with Crippen LogP contribution in [-0.4, -0.2) is 49.7 Å². The first-order valence-corrected chi connectivity index (χ1v) is 10.5. The normalized spacial score (nSPS) is 16.1. The topological polar surface area (TPSA) is 57.7 Å². The number of carbonyl (C=O) groups is 1. The monoisotopic (exact) mass is 446 g/mol. The molecule has 2 aromatic rings. The van der Waals surface area contributed by atoms with Crippen molar-refractivity contribution < 1.29 is 26.4 Å². The second-order valence-corrected chi connectivity index (χ2v) is 9.03. The number of alkyl halides is 3. The van der Waals surface area contributed by atoms with Crippen LogP contribution in [0.3, 0.4) is 0 Å². The summed E-state index contributed by atoms with van der Waals surface area (Å²) < 4.78 is 65.4. The van der Waals surface area contributed by atoms with Crippen LogP contribution >= 0.6 is 11.6 Å². The van der Waals surface area contributed by atoms with Crippen molar-refractivity contribution in [3.63, 3.8) is 0 Å². The van der Waals surface area contributed by atoms with Crippen molar-refractivity contribution in [1.82, 2.24) is 9.21 Å². The average Bonchev–Trinajstić information content (AvgIpc) is 2.69. The van der Waals surface area contributed by atoms with Gasteiger partial charge in [0, 0.05) is 36.8 Å². The SMILES string of the molecule is Cc1ccc(S(=O)(=O)N2CCN(C(=O)c3cccc(C(F)(F)F)c3)CC2)cc1Cl. The van der Waals surface area contributed by atoms with E-state index in [0.717, 1.165) is 17.7 Å². The van der Waals surface area contributed by atoms with Gasteiger partial charge in [0.2, 0.25) is 10.0 Å². The van der Waals surface area contributed by atoms with E-state index in [2.05, 4.69) is 0 Å². The summed E-state index contributed by atoms with van der Waals surface area (Å²) in [7, 11) is -3.78. The Balaban J connectivity index is 1.72. The van der Waals surface area contributed by atoms with Crippen LogP contribution in [0.1, 0.15) is 21.5 Å². The van der Waals surface area contributed by atoms with Gasteiger partial charge in [-0.2, -0.15) is 17.5 Å². The molecule has 0 unspecified atom stereocenters. The molecule has 1 aliphatic rings. The first-order chi connectivity index (χ1) is 13.5.